The molecule has 0 bridgehead atoms. The molecule has 6 heteroatoms. The molecule has 6 nitrogen and oxygen atoms in total. The van der Waals surface area contributed by atoms with E-state index in [2.05, 4.69) is 142 Å². The predicted octanol–water partition coefficient (Wildman–Crippen LogP) is 21.2. The Morgan fingerprint density at radius 2 is 0.520 bits per heavy atom. The number of hydrogen-bond donors (Lipinski definition) is 0. The van der Waals surface area contributed by atoms with E-state index in [1.807, 2.05) is 0 Å². The second-order valence-electron chi connectivity index (χ2n) is 20.2. The zero-order chi connectivity index (χ0) is 54.3. The topological polar surface area (TPSA) is 78.9 Å². The van der Waals surface area contributed by atoms with Gasteiger partial charge in [-0.15, -0.1) is 0 Å². The van der Waals surface area contributed by atoms with E-state index in [-0.39, 0.29) is 31.1 Å². The molecule has 0 aliphatic carbocycles. The van der Waals surface area contributed by atoms with Crippen molar-refractivity contribution in [2.45, 2.75) is 284 Å². The van der Waals surface area contributed by atoms with Gasteiger partial charge >= 0.3 is 17.9 Å². The standard InChI is InChI=1S/C69H114O6/c1-4-7-10-13-16-19-22-25-28-30-32-34-36-38-41-44-47-50-53-56-59-62-68(71)74-65-66(64-73-67(70)61-58-55-52-49-46-43-40-27-24-21-18-15-12-9-6-3)75-69(72)63-60-57-54-51-48-45-42-39-37-35-33-31-29-26-23-20-17-14-11-8-5-2/h7-8,10-11,16-17,19-20,25-26,28-29,32-35,38,41,47,50,66H,4-6,9,12-15,18,21-24,27,30-31,36-37,39-40,42-46,48-49,51-65H2,1-3H3/b10-7-,11-8-,19-16-,20-17-,28-25-,29-26-,34-32-,35-33-,41-38-,50-47-. The van der Waals surface area contributed by atoms with Crippen molar-refractivity contribution in [1.82, 2.24) is 0 Å². The first kappa shape index (κ1) is 70.8. The Balaban J connectivity index is 4.48. The Labute approximate surface area is 462 Å². The quantitative estimate of drug-likeness (QED) is 0.0261. The summed E-state index contributed by atoms with van der Waals surface area (Å²) in [5.74, 6) is -0.944. The lowest BCUT2D eigenvalue weighted by atomic mass is 10.0. The minimum absolute atomic E-state index is 0.0957. The van der Waals surface area contributed by atoms with Crippen molar-refractivity contribution in [3.63, 3.8) is 0 Å². The van der Waals surface area contributed by atoms with E-state index in [0.29, 0.717) is 19.3 Å². The summed E-state index contributed by atoms with van der Waals surface area (Å²) in [5.41, 5.74) is 0. The van der Waals surface area contributed by atoms with E-state index in [0.717, 1.165) is 128 Å². The first-order chi connectivity index (χ1) is 37.0. The summed E-state index contributed by atoms with van der Waals surface area (Å²) in [4.78, 5) is 38.3. The lowest BCUT2D eigenvalue weighted by molar-refractivity contribution is -0.167. The lowest BCUT2D eigenvalue weighted by Gasteiger charge is -2.18. The second kappa shape index (κ2) is 62.4. The van der Waals surface area contributed by atoms with E-state index in [9.17, 15) is 14.4 Å². The molecule has 0 aromatic rings. The maximum Gasteiger partial charge on any atom is 0.306 e. The lowest BCUT2D eigenvalue weighted by Crippen LogP contribution is -2.30. The highest BCUT2D eigenvalue weighted by Crippen LogP contribution is 2.16. The molecule has 0 fully saturated rings. The van der Waals surface area contributed by atoms with Crippen LogP contribution in [0.1, 0.15) is 278 Å². The molecule has 0 aromatic carbocycles. The molecule has 426 valence electrons. The summed E-state index contributed by atoms with van der Waals surface area (Å²) >= 11 is 0. The molecule has 1 unspecified atom stereocenters. The fourth-order valence-electron chi connectivity index (χ4n) is 8.38. The number of rotatable bonds is 55. The van der Waals surface area contributed by atoms with Crippen LogP contribution in [0.4, 0.5) is 0 Å². The predicted molar refractivity (Wildman–Crippen MR) is 325 cm³/mol. The Bertz CT molecular complexity index is 1570. The van der Waals surface area contributed by atoms with Crippen LogP contribution in [0.15, 0.2) is 122 Å². The SMILES string of the molecule is CC/C=C\C/C=C\C/C=C\C/C=C\C/C=C\C/C=C\CCCCC(=O)OCC(COC(=O)CCCCCCCCCCCCCCCCC)OC(=O)CCCCCCCCCC/C=C\C/C=C\C/C=C\C/C=C\CC. The summed E-state index contributed by atoms with van der Waals surface area (Å²) in [7, 11) is 0. The van der Waals surface area contributed by atoms with Gasteiger partial charge in [-0.2, -0.15) is 0 Å². The number of hydrogen-bond acceptors (Lipinski definition) is 6. The van der Waals surface area contributed by atoms with Crippen LogP contribution in [0.3, 0.4) is 0 Å². The average Bonchev–Trinajstić information content (AvgIpc) is 3.41. The molecule has 75 heavy (non-hydrogen) atoms. The Kier molecular flexibility index (Phi) is 58.9. The third kappa shape index (κ3) is 60.6. The molecule has 0 N–H and O–H groups in total. The van der Waals surface area contributed by atoms with Gasteiger partial charge in [0.1, 0.15) is 13.2 Å². The van der Waals surface area contributed by atoms with Crippen LogP contribution in [0.2, 0.25) is 0 Å². The monoisotopic (exact) mass is 1040 g/mol. The number of ether oxygens (including phenoxy) is 3. The fourth-order valence-corrected chi connectivity index (χ4v) is 8.38. The van der Waals surface area contributed by atoms with E-state index in [1.54, 1.807) is 0 Å². The number of unbranched alkanes of at least 4 members (excludes halogenated alkanes) is 24. The largest absolute Gasteiger partial charge is 0.462 e. The first-order valence-corrected chi connectivity index (χ1v) is 31.0. The van der Waals surface area contributed by atoms with Gasteiger partial charge in [0, 0.05) is 19.3 Å². The molecule has 0 heterocycles. The molecule has 0 aliphatic rings. The zero-order valence-electron chi connectivity index (χ0n) is 48.8. The molecule has 0 saturated carbocycles. The van der Waals surface area contributed by atoms with Gasteiger partial charge in [0.05, 0.1) is 0 Å². The van der Waals surface area contributed by atoms with Gasteiger partial charge in [-0.05, 0) is 109 Å². The van der Waals surface area contributed by atoms with Crippen molar-refractivity contribution in [3.8, 4) is 0 Å². The summed E-state index contributed by atoms with van der Waals surface area (Å²) in [6, 6.07) is 0. The third-order valence-electron chi connectivity index (χ3n) is 13.0. The molecular formula is C69H114O6. The Morgan fingerprint density at radius 1 is 0.280 bits per heavy atom. The normalized spacial score (nSPS) is 12.9. The molecule has 0 spiro atoms. The number of carbonyl (C=O) groups is 3. The fraction of sp³-hybridized carbons (Fsp3) is 0.667. The third-order valence-corrected chi connectivity index (χ3v) is 13.0. The maximum atomic E-state index is 12.9. The van der Waals surface area contributed by atoms with E-state index >= 15 is 0 Å². The van der Waals surface area contributed by atoms with Crippen molar-refractivity contribution in [1.29, 1.82) is 0 Å². The maximum absolute atomic E-state index is 12.9. The average molecular weight is 1040 g/mol. The summed E-state index contributed by atoms with van der Waals surface area (Å²) in [5, 5.41) is 0. The van der Waals surface area contributed by atoms with Crippen LogP contribution < -0.4 is 0 Å². The van der Waals surface area contributed by atoms with Crippen molar-refractivity contribution in [2.24, 2.45) is 0 Å². The van der Waals surface area contributed by atoms with Gasteiger partial charge in [0.25, 0.3) is 0 Å². The molecule has 1 atom stereocenters. The zero-order valence-corrected chi connectivity index (χ0v) is 48.8. The van der Waals surface area contributed by atoms with Crippen molar-refractivity contribution >= 4 is 17.9 Å². The van der Waals surface area contributed by atoms with Gasteiger partial charge in [0.2, 0.25) is 0 Å². The number of allylic oxidation sites excluding steroid dienone is 20. The molecule has 0 aliphatic heterocycles. The minimum Gasteiger partial charge on any atom is -0.462 e. The van der Waals surface area contributed by atoms with Gasteiger partial charge in [-0.25, -0.2) is 0 Å². The van der Waals surface area contributed by atoms with Crippen LogP contribution in [0, 0.1) is 0 Å². The smallest absolute Gasteiger partial charge is 0.306 e. The van der Waals surface area contributed by atoms with Crippen LogP contribution in [0.5, 0.6) is 0 Å². The van der Waals surface area contributed by atoms with Crippen LogP contribution in [-0.2, 0) is 28.6 Å². The number of esters is 3. The minimum atomic E-state index is -0.804. The highest BCUT2D eigenvalue weighted by molar-refractivity contribution is 5.71. The molecule has 0 radical (unpaired) electrons. The van der Waals surface area contributed by atoms with E-state index in [1.165, 1.54) is 109 Å². The van der Waals surface area contributed by atoms with E-state index < -0.39 is 6.10 Å². The Morgan fingerprint density at radius 3 is 0.840 bits per heavy atom. The summed E-state index contributed by atoms with van der Waals surface area (Å²) in [6.45, 7) is 6.39. The van der Waals surface area contributed by atoms with Crippen LogP contribution in [-0.4, -0.2) is 37.2 Å². The van der Waals surface area contributed by atoms with Crippen molar-refractivity contribution in [2.75, 3.05) is 13.2 Å². The molecule has 0 saturated heterocycles. The van der Waals surface area contributed by atoms with E-state index in [4.69, 9.17) is 14.2 Å². The summed E-state index contributed by atoms with van der Waals surface area (Å²) in [6.07, 6.45) is 86.2. The molecule has 0 rings (SSSR count). The second-order valence-corrected chi connectivity index (χ2v) is 20.2. The molecule has 0 amide bonds. The van der Waals surface area contributed by atoms with Gasteiger partial charge in [-0.1, -0.05) is 271 Å². The van der Waals surface area contributed by atoms with Gasteiger partial charge in [0.15, 0.2) is 6.10 Å². The van der Waals surface area contributed by atoms with Crippen molar-refractivity contribution in [3.05, 3.63) is 122 Å². The van der Waals surface area contributed by atoms with Crippen LogP contribution in [0.25, 0.3) is 0 Å². The van der Waals surface area contributed by atoms with Gasteiger partial charge < -0.3 is 14.2 Å². The molecular weight excluding hydrogens is 925 g/mol. The highest BCUT2D eigenvalue weighted by Gasteiger charge is 2.19. The highest BCUT2D eigenvalue weighted by atomic mass is 16.6. The Hall–Kier alpha value is -4.19. The van der Waals surface area contributed by atoms with Gasteiger partial charge in [-0.3, -0.25) is 14.4 Å². The van der Waals surface area contributed by atoms with Crippen LogP contribution >= 0.6 is 0 Å². The number of carbonyl (C=O) groups excluding carboxylic acids is 3. The molecule has 0 aromatic heterocycles. The van der Waals surface area contributed by atoms with Crippen molar-refractivity contribution < 1.29 is 28.6 Å². The first-order valence-electron chi connectivity index (χ1n) is 31.0. The summed E-state index contributed by atoms with van der Waals surface area (Å²) < 4.78 is 16.9.